The van der Waals surface area contributed by atoms with E-state index in [1.54, 1.807) is 7.11 Å². The standard InChI is InChI=1S/C26H26O3/c1-25(2)10-6-11-26(25)18-8-5-4-7-15(18)23-19(26)14-20(27)17-13-21(28-3)24-16(22(17)23)9-12-29-24/h4-5,7-8,13-14,27H,6,9-12H2,1-3H3. The van der Waals surface area contributed by atoms with Crippen LogP contribution < -0.4 is 9.47 Å². The summed E-state index contributed by atoms with van der Waals surface area (Å²) in [6.45, 7) is 5.46. The fourth-order valence-electron chi connectivity index (χ4n) is 6.59. The monoisotopic (exact) mass is 386 g/mol. The summed E-state index contributed by atoms with van der Waals surface area (Å²) >= 11 is 0. The molecule has 1 atom stereocenters. The summed E-state index contributed by atoms with van der Waals surface area (Å²) in [5, 5.41) is 13.2. The Hall–Kier alpha value is -2.68. The van der Waals surface area contributed by atoms with E-state index >= 15 is 0 Å². The van der Waals surface area contributed by atoms with Crippen molar-refractivity contribution < 1.29 is 14.6 Å². The maximum absolute atomic E-state index is 11.2. The van der Waals surface area contributed by atoms with Gasteiger partial charge in [-0.3, -0.25) is 0 Å². The molecule has 3 heteroatoms. The molecule has 1 aliphatic heterocycles. The second kappa shape index (κ2) is 5.47. The Labute approximate surface area is 171 Å². The van der Waals surface area contributed by atoms with Crippen molar-refractivity contribution in [2.45, 2.75) is 44.9 Å². The van der Waals surface area contributed by atoms with Gasteiger partial charge in [0, 0.05) is 28.2 Å². The molecular formula is C26H26O3. The second-order valence-corrected chi connectivity index (χ2v) is 9.41. The number of hydrogen-bond acceptors (Lipinski definition) is 3. The first-order valence-electron chi connectivity index (χ1n) is 10.6. The molecule has 3 aromatic rings. The van der Waals surface area contributed by atoms with E-state index in [1.165, 1.54) is 40.7 Å². The molecular weight excluding hydrogens is 360 g/mol. The predicted octanol–water partition coefficient (Wildman–Crippen LogP) is 5.97. The molecule has 6 rings (SSSR count). The molecule has 1 heterocycles. The highest BCUT2D eigenvalue weighted by Gasteiger charge is 2.56. The van der Waals surface area contributed by atoms with E-state index in [-0.39, 0.29) is 10.8 Å². The summed E-state index contributed by atoms with van der Waals surface area (Å²) in [6.07, 6.45) is 4.38. The van der Waals surface area contributed by atoms with E-state index in [4.69, 9.17) is 9.47 Å². The van der Waals surface area contributed by atoms with Crippen molar-refractivity contribution in [2.75, 3.05) is 13.7 Å². The summed E-state index contributed by atoms with van der Waals surface area (Å²) in [4.78, 5) is 0. The summed E-state index contributed by atoms with van der Waals surface area (Å²) in [5.74, 6) is 1.90. The molecule has 0 aromatic heterocycles. The first-order chi connectivity index (χ1) is 14.0. The third kappa shape index (κ3) is 1.89. The quantitative estimate of drug-likeness (QED) is 0.560. The zero-order chi connectivity index (χ0) is 20.0. The van der Waals surface area contributed by atoms with Crippen molar-refractivity contribution in [3.8, 4) is 28.4 Å². The van der Waals surface area contributed by atoms with E-state index in [2.05, 4.69) is 38.1 Å². The number of aromatic hydroxyl groups is 1. The van der Waals surface area contributed by atoms with Gasteiger partial charge in [0.25, 0.3) is 0 Å². The minimum absolute atomic E-state index is 0.0448. The molecule has 29 heavy (non-hydrogen) atoms. The molecule has 0 bridgehead atoms. The third-order valence-electron chi connectivity index (χ3n) is 7.86. The van der Waals surface area contributed by atoms with Crippen LogP contribution in [-0.4, -0.2) is 18.8 Å². The van der Waals surface area contributed by atoms with Crippen molar-refractivity contribution in [3.63, 3.8) is 0 Å². The molecule has 1 spiro atoms. The molecule has 1 unspecified atom stereocenters. The first kappa shape index (κ1) is 17.2. The molecule has 3 nitrogen and oxygen atoms in total. The lowest BCUT2D eigenvalue weighted by atomic mass is 9.62. The van der Waals surface area contributed by atoms with Gasteiger partial charge in [0.2, 0.25) is 0 Å². The molecule has 0 radical (unpaired) electrons. The van der Waals surface area contributed by atoms with Crippen LogP contribution in [0.15, 0.2) is 36.4 Å². The molecule has 1 fully saturated rings. The fourth-order valence-corrected chi connectivity index (χ4v) is 6.59. The molecule has 1 saturated carbocycles. The minimum Gasteiger partial charge on any atom is -0.507 e. The highest BCUT2D eigenvalue weighted by atomic mass is 16.5. The Morgan fingerprint density at radius 2 is 1.90 bits per heavy atom. The van der Waals surface area contributed by atoms with Gasteiger partial charge in [-0.15, -0.1) is 0 Å². The number of rotatable bonds is 1. The lowest BCUT2D eigenvalue weighted by molar-refractivity contribution is 0.253. The number of methoxy groups -OCH3 is 1. The number of ether oxygens (including phenoxy) is 2. The van der Waals surface area contributed by atoms with Crippen LogP contribution in [-0.2, 0) is 11.8 Å². The normalized spacial score (nSPS) is 23.1. The lowest BCUT2D eigenvalue weighted by Gasteiger charge is -2.40. The number of fused-ring (bicyclic) bond motifs is 9. The molecule has 2 aliphatic carbocycles. The van der Waals surface area contributed by atoms with Gasteiger partial charge < -0.3 is 14.6 Å². The lowest BCUT2D eigenvalue weighted by Crippen LogP contribution is -2.36. The zero-order valence-electron chi connectivity index (χ0n) is 17.3. The van der Waals surface area contributed by atoms with E-state index in [0.717, 1.165) is 29.4 Å². The van der Waals surface area contributed by atoms with Gasteiger partial charge in [0.1, 0.15) is 5.75 Å². The fraction of sp³-hybridized carbons (Fsp3) is 0.385. The van der Waals surface area contributed by atoms with Crippen LogP contribution in [0.4, 0.5) is 0 Å². The summed E-state index contributed by atoms with van der Waals surface area (Å²) in [7, 11) is 1.67. The van der Waals surface area contributed by atoms with Gasteiger partial charge in [-0.1, -0.05) is 44.5 Å². The third-order valence-corrected chi connectivity index (χ3v) is 7.86. The Kier molecular flexibility index (Phi) is 3.25. The maximum atomic E-state index is 11.2. The number of phenols is 1. The average molecular weight is 386 g/mol. The Morgan fingerprint density at radius 3 is 2.66 bits per heavy atom. The van der Waals surface area contributed by atoms with Crippen LogP contribution in [0.1, 0.15) is 49.8 Å². The Morgan fingerprint density at radius 1 is 1.07 bits per heavy atom. The van der Waals surface area contributed by atoms with E-state index in [1.807, 2.05) is 12.1 Å². The van der Waals surface area contributed by atoms with Gasteiger partial charge >= 0.3 is 0 Å². The van der Waals surface area contributed by atoms with E-state index < -0.39 is 0 Å². The summed E-state index contributed by atoms with van der Waals surface area (Å²) in [5.41, 5.74) is 6.61. The topological polar surface area (TPSA) is 38.7 Å². The van der Waals surface area contributed by atoms with Crippen molar-refractivity contribution >= 4 is 10.8 Å². The van der Waals surface area contributed by atoms with Crippen molar-refractivity contribution in [2.24, 2.45) is 5.41 Å². The van der Waals surface area contributed by atoms with Gasteiger partial charge in [-0.25, -0.2) is 0 Å². The van der Waals surface area contributed by atoms with Gasteiger partial charge in [-0.05, 0) is 52.6 Å². The van der Waals surface area contributed by atoms with E-state index in [9.17, 15) is 5.11 Å². The SMILES string of the molecule is COc1cc2c(O)cc3c(c2c2c1OCC2)-c1ccccc1C31CCCC1(C)C. The van der Waals surface area contributed by atoms with Crippen LogP contribution in [0.3, 0.4) is 0 Å². The molecule has 0 amide bonds. The number of phenolic OH excluding ortho intramolecular Hbond substituents is 1. The van der Waals surface area contributed by atoms with Crippen molar-refractivity contribution in [1.29, 1.82) is 0 Å². The maximum Gasteiger partial charge on any atom is 0.165 e. The van der Waals surface area contributed by atoms with Crippen molar-refractivity contribution in [1.82, 2.24) is 0 Å². The molecule has 148 valence electrons. The van der Waals surface area contributed by atoms with Gasteiger partial charge in [0.05, 0.1) is 13.7 Å². The predicted molar refractivity (Wildman–Crippen MR) is 115 cm³/mol. The molecule has 1 N–H and O–H groups in total. The minimum atomic E-state index is -0.0448. The molecule has 0 saturated heterocycles. The van der Waals surface area contributed by atoms with Crippen LogP contribution in [0, 0.1) is 5.41 Å². The largest absolute Gasteiger partial charge is 0.507 e. The first-order valence-corrected chi connectivity index (χ1v) is 10.6. The van der Waals surface area contributed by atoms with Crippen LogP contribution >= 0.6 is 0 Å². The highest BCUT2D eigenvalue weighted by molar-refractivity contribution is 6.09. The molecule has 3 aliphatic rings. The summed E-state index contributed by atoms with van der Waals surface area (Å²) in [6, 6.07) is 12.9. The summed E-state index contributed by atoms with van der Waals surface area (Å²) < 4.78 is 11.6. The number of hydrogen-bond donors (Lipinski definition) is 1. The van der Waals surface area contributed by atoms with Crippen LogP contribution in [0.2, 0.25) is 0 Å². The van der Waals surface area contributed by atoms with Gasteiger partial charge in [-0.2, -0.15) is 0 Å². The van der Waals surface area contributed by atoms with Crippen molar-refractivity contribution in [3.05, 3.63) is 53.1 Å². The zero-order valence-corrected chi connectivity index (χ0v) is 17.3. The average Bonchev–Trinajstić information content (AvgIpc) is 3.38. The highest BCUT2D eigenvalue weighted by Crippen LogP contribution is 2.66. The smallest absolute Gasteiger partial charge is 0.165 e. The van der Waals surface area contributed by atoms with E-state index in [0.29, 0.717) is 18.1 Å². The Bertz CT molecular complexity index is 1190. The van der Waals surface area contributed by atoms with Crippen LogP contribution in [0.25, 0.3) is 21.9 Å². The number of benzene rings is 3. The molecule has 3 aromatic carbocycles. The Balaban J connectivity index is 1.83. The second-order valence-electron chi connectivity index (χ2n) is 9.41. The van der Waals surface area contributed by atoms with Gasteiger partial charge in [0.15, 0.2) is 11.5 Å². The van der Waals surface area contributed by atoms with Crippen LogP contribution in [0.5, 0.6) is 17.2 Å².